The van der Waals surface area contributed by atoms with Crippen LogP contribution in [0.2, 0.25) is 0 Å². The van der Waals surface area contributed by atoms with E-state index in [0.29, 0.717) is 5.71 Å². The molecule has 2 aromatic rings. The van der Waals surface area contributed by atoms with E-state index in [2.05, 4.69) is 25.1 Å². The molecule has 0 spiro atoms. The fraction of sp³-hybridized carbons (Fsp3) is 0.250. The fourth-order valence-corrected chi connectivity index (χ4v) is 1.94. The second-order valence-corrected chi connectivity index (χ2v) is 6.30. The molecular weight excluding hydrogens is 424 g/mol. The SMILES string of the molecule is C/C(CNC(=O)c1ccc(-c2noc(C(F)(F)F)n2)cc1)=N\OCC=C(Cl)Cl. The number of oxime groups is 1. The first-order valence-electron chi connectivity index (χ1n) is 7.63. The molecular formula is C16H13Cl2F3N4O3. The third-order valence-corrected chi connectivity index (χ3v) is 3.42. The predicted octanol–water partition coefficient (Wildman–Crippen LogP) is 4.20. The second kappa shape index (κ2) is 9.56. The normalized spacial score (nSPS) is 11.9. The van der Waals surface area contributed by atoms with Crippen molar-refractivity contribution in [2.45, 2.75) is 13.1 Å². The lowest BCUT2D eigenvalue weighted by Crippen LogP contribution is -2.28. The smallest absolute Gasteiger partial charge is 0.391 e. The van der Waals surface area contributed by atoms with Crippen LogP contribution >= 0.6 is 23.2 Å². The van der Waals surface area contributed by atoms with Crippen LogP contribution in [0.15, 0.2) is 44.5 Å². The summed E-state index contributed by atoms with van der Waals surface area (Å²) in [6, 6.07) is 5.66. The molecule has 0 radical (unpaired) electrons. The van der Waals surface area contributed by atoms with Crippen molar-refractivity contribution in [2.75, 3.05) is 13.2 Å². The number of rotatable bonds is 7. The predicted molar refractivity (Wildman–Crippen MR) is 95.9 cm³/mol. The molecule has 7 nitrogen and oxygen atoms in total. The third kappa shape index (κ3) is 6.54. The van der Waals surface area contributed by atoms with Gasteiger partial charge in [0.2, 0.25) is 5.82 Å². The standard InChI is InChI=1S/C16H13Cl2F3N4O3/c1-9(24-27-7-6-12(17)18)8-22-14(26)11-4-2-10(3-5-11)13-23-15(28-25-13)16(19,20)21/h2-6H,7-8H2,1H3,(H,22,26)/b24-9+. The van der Waals surface area contributed by atoms with Gasteiger partial charge in [0.15, 0.2) is 0 Å². The molecule has 1 N–H and O–H groups in total. The van der Waals surface area contributed by atoms with Gasteiger partial charge in [0.25, 0.3) is 5.91 Å². The van der Waals surface area contributed by atoms with Crippen molar-refractivity contribution in [1.29, 1.82) is 0 Å². The zero-order valence-corrected chi connectivity index (χ0v) is 15.8. The highest BCUT2D eigenvalue weighted by molar-refractivity contribution is 6.55. The average molecular weight is 437 g/mol. The van der Waals surface area contributed by atoms with Crippen molar-refractivity contribution in [2.24, 2.45) is 5.16 Å². The number of carbonyl (C=O) groups is 1. The summed E-state index contributed by atoms with van der Waals surface area (Å²) in [6.07, 6.45) is -3.32. The first-order chi connectivity index (χ1) is 13.2. The highest BCUT2D eigenvalue weighted by Gasteiger charge is 2.38. The Kier molecular flexibility index (Phi) is 7.41. The number of nitrogens with one attached hydrogen (secondary N) is 1. The molecule has 0 aliphatic heterocycles. The molecule has 28 heavy (non-hydrogen) atoms. The highest BCUT2D eigenvalue weighted by Crippen LogP contribution is 2.29. The Morgan fingerprint density at radius 2 is 2.00 bits per heavy atom. The molecule has 12 heteroatoms. The van der Waals surface area contributed by atoms with Crippen molar-refractivity contribution in [1.82, 2.24) is 15.5 Å². The molecule has 1 amide bonds. The van der Waals surface area contributed by atoms with E-state index in [1.54, 1.807) is 6.92 Å². The van der Waals surface area contributed by atoms with Crippen LogP contribution in [0.3, 0.4) is 0 Å². The molecule has 1 aromatic heterocycles. The number of alkyl halides is 3. The molecule has 1 aromatic carbocycles. The monoisotopic (exact) mass is 436 g/mol. The number of nitrogens with zero attached hydrogens (tertiary/aromatic N) is 3. The van der Waals surface area contributed by atoms with Gasteiger partial charge in [-0.2, -0.15) is 18.2 Å². The largest absolute Gasteiger partial charge is 0.471 e. The summed E-state index contributed by atoms with van der Waals surface area (Å²) in [5.41, 5.74) is 1.05. The number of aromatic nitrogens is 2. The van der Waals surface area contributed by atoms with E-state index in [-0.39, 0.29) is 34.6 Å². The van der Waals surface area contributed by atoms with E-state index in [9.17, 15) is 18.0 Å². The van der Waals surface area contributed by atoms with Crippen LogP contribution in [0.5, 0.6) is 0 Å². The number of hydrogen-bond donors (Lipinski definition) is 1. The van der Waals surface area contributed by atoms with Crippen LogP contribution < -0.4 is 5.32 Å². The molecule has 0 aliphatic carbocycles. The average Bonchev–Trinajstić information content (AvgIpc) is 3.14. The Bertz CT molecular complexity index is 876. The Morgan fingerprint density at radius 1 is 1.32 bits per heavy atom. The van der Waals surface area contributed by atoms with E-state index in [0.717, 1.165) is 0 Å². The topological polar surface area (TPSA) is 89.6 Å². The Labute approximate surface area is 167 Å². The minimum absolute atomic E-state index is 0.0556. The Hall–Kier alpha value is -2.59. The van der Waals surface area contributed by atoms with E-state index in [1.165, 1.54) is 30.3 Å². The first-order valence-corrected chi connectivity index (χ1v) is 8.38. The van der Waals surface area contributed by atoms with Gasteiger partial charge in [0.05, 0.1) is 12.3 Å². The van der Waals surface area contributed by atoms with Crippen LogP contribution in [-0.4, -0.2) is 34.9 Å². The van der Waals surface area contributed by atoms with Crippen molar-refractivity contribution >= 4 is 34.8 Å². The minimum Gasteiger partial charge on any atom is -0.391 e. The van der Waals surface area contributed by atoms with Crippen molar-refractivity contribution in [3.05, 3.63) is 46.3 Å². The number of carbonyl (C=O) groups excluding carboxylic acids is 1. The summed E-state index contributed by atoms with van der Waals surface area (Å²) in [7, 11) is 0. The quantitative estimate of drug-likeness (QED) is 0.399. The lowest BCUT2D eigenvalue weighted by atomic mass is 10.1. The van der Waals surface area contributed by atoms with Gasteiger partial charge in [-0.3, -0.25) is 4.79 Å². The molecule has 0 atom stereocenters. The number of halogens is 5. The maximum absolute atomic E-state index is 12.5. The van der Waals surface area contributed by atoms with Crippen LogP contribution in [0.1, 0.15) is 23.2 Å². The first kappa shape index (κ1) is 21.7. The van der Waals surface area contributed by atoms with Gasteiger partial charge in [-0.25, -0.2) is 0 Å². The molecule has 0 saturated carbocycles. The van der Waals surface area contributed by atoms with Crippen molar-refractivity contribution in [3.63, 3.8) is 0 Å². The van der Waals surface area contributed by atoms with Gasteiger partial charge in [-0.05, 0) is 25.1 Å². The van der Waals surface area contributed by atoms with Crippen LogP contribution in [0, 0.1) is 0 Å². The van der Waals surface area contributed by atoms with Gasteiger partial charge in [0.1, 0.15) is 11.1 Å². The summed E-state index contributed by atoms with van der Waals surface area (Å²) >= 11 is 10.8. The van der Waals surface area contributed by atoms with Gasteiger partial charge < -0.3 is 14.7 Å². The number of benzene rings is 1. The van der Waals surface area contributed by atoms with Gasteiger partial charge in [0, 0.05) is 11.1 Å². The van der Waals surface area contributed by atoms with E-state index in [4.69, 9.17) is 28.0 Å². The molecule has 0 bridgehead atoms. The van der Waals surface area contributed by atoms with Crippen LogP contribution in [0.25, 0.3) is 11.4 Å². The van der Waals surface area contributed by atoms with Gasteiger partial charge >= 0.3 is 12.1 Å². The zero-order chi connectivity index (χ0) is 20.7. The molecule has 0 fully saturated rings. The zero-order valence-electron chi connectivity index (χ0n) is 14.3. The summed E-state index contributed by atoms with van der Waals surface area (Å²) in [5, 5.41) is 9.65. The lowest BCUT2D eigenvalue weighted by molar-refractivity contribution is -0.159. The van der Waals surface area contributed by atoms with Crippen molar-refractivity contribution < 1.29 is 27.3 Å². The summed E-state index contributed by atoms with van der Waals surface area (Å²) < 4.78 is 41.7. The molecule has 0 aliphatic rings. The van der Waals surface area contributed by atoms with E-state index < -0.39 is 18.0 Å². The van der Waals surface area contributed by atoms with Crippen LogP contribution in [-0.2, 0) is 11.0 Å². The lowest BCUT2D eigenvalue weighted by Gasteiger charge is -2.05. The summed E-state index contributed by atoms with van der Waals surface area (Å²) in [4.78, 5) is 20.3. The molecule has 1 heterocycles. The van der Waals surface area contributed by atoms with Crippen molar-refractivity contribution in [3.8, 4) is 11.4 Å². The van der Waals surface area contributed by atoms with Crippen LogP contribution in [0.4, 0.5) is 13.2 Å². The molecule has 2 rings (SSSR count). The maximum atomic E-state index is 12.5. The fourth-order valence-electron chi connectivity index (χ4n) is 1.82. The highest BCUT2D eigenvalue weighted by atomic mass is 35.5. The summed E-state index contributed by atoms with van der Waals surface area (Å²) in [5.74, 6) is -2.08. The van der Waals surface area contributed by atoms with E-state index in [1.807, 2.05) is 0 Å². The Balaban J connectivity index is 1.92. The number of amides is 1. The summed E-state index contributed by atoms with van der Waals surface area (Å²) in [6.45, 7) is 1.85. The molecule has 0 saturated heterocycles. The van der Waals surface area contributed by atoms with Gasteiger partial charge in [-0.1, -0.05) is 45.6 Å². The van der Waals surface area contributed by atoms with E-state index >= 15 is 0 Å². The molecule has 150 valence electrons. The maximum Gasteiger partial charge on any atom is 0.471 e. The second-order valence-electron chi connectivity index (χ2n) is 5.30. The number of hydrogen-bond acceptors (Lipinski definition) is 6. The van der Waals surface area contributed by atoms with Gasteiger partial charge in [-0.15, -0.1) is 0 Å². The third-order valence-electron chi connectivity index (χ3n) is 3.11. The Morgan fingerprint density at radius 3 is 2.57 bits per heavy atom. The molecule has 0 unspecified atom stereocenters. The minimum atomic E-state index is -4.72.